The van der Waals surface area contributed by atoms with E-state index in [9.17, 15) is 9.59 Å². The average molecular weight is 308 g/mol. The molecule has 0 spiro atoms. The molecular weight excluding hydrogens is 288 g/mol. The van der Waals surface area contributed by atoms with E-state index in [0.717, 1.165) is 34.5 Å². The van der Waals surface area contributed by atoms with E-state index >= 15 is 0 Å². The van der Waals surface area contributed by atoms with Crippen LogP contribution in [0.1, 0.15) is 34.0 Å². The molecule has 3 rings (SSSR count). The first kappa shape index (κ1) is 15.3. The number of anilines is 2. The molecule has 0 unspecified atom stereocenters. The summed E-state index contributed by atoms with van der Waals surface area (Å²) in [4.78, 5) is 25.8. The van der Waals surface area contributed by atoms with Crippen molar-refractivity contribution >= 4 is 23.2 Å². The van der Waals surface area contributed by atoms with Gasteiger partial charge in [0.25, 0.3) is 5.91 Å². The lowest BCUT2D eigenvalue weighted by Gasteiger charge is -2.15. The Hall–Kier alpha value is -2.62. The molecule has 1 aliphatic rings. The molecule has 1 N–H and O–H groups in total. The van der Waals surface area contributed by atoms with Gasteiger partial charge in [-0.05, 0) is 67.3 Å². The van der Waals surface area contributed by atoms with Crippen molar-refractivity contribution in [3.8, 4) is 0 Å². The summed E-state index contributed by atoms with van der Waals surface area (Å²) < 4.78 is 0. The van der Waals surface area contributed by atoms with E-state index in [1.54, 1.807) is 17.9 Å². The van der Waals surface area contributed by atoms with Gasteiger partial charge in [-0.1, -0.05) is 6.07 Å². The van der Waals surface area contributed by atoms with E-state index in [1.807, 2.05) is 38.1 Å². The Morgan fingerprint density at radius 2 is 1.74 bits per heavy atom. The normalized spacial score (nSPS) is 12.9. The van der Waals surface area contributed by atoms with Gasteiger partial charge in [-0.15, -0.1) is 0 Å². The summed E-state index contributed by atoms with van der Waals surface area (Å²) >= 11 is 0. The van der Waals surface area contributed by atoms with Crippen LogP contribution >= 0.6 is 0 Å². The molecule has 2 amide bonds. The summed E-state index contributed by atoms with van der Waals surface area (Å²) in [5.41, 5.74) is 5.62. The molecule has 0 saturated heterocycles. The second-order valence-electron chi connectivity index (χ2n) is 6.09. The lowest BCUT2D eigenvalue weighted by atomic mass is 10.1. The van der Waals surface area contributed by atoms with Gasteiger partial charge in [-0.2, -0.15) is 0 Å². The van der Waals surface area contributed by atoms with Crippen molar-refractivity contribution in [2.45, 2.75) is 27.2 Å². The largest absolute Gasteiger partial charge is 0.322 e. The minimum absolute atomic E-state index is 0.0381. The average Bonchev–Trinajstić information content (AvgIpc) is 2.89. The number of benzene rings is 2. The Morgan fingerprint density at radius 1 is 1.04 bits per heavy atom. The molecule has 0 atom stereocenters. The number of nitrogens with zero attached hydrogens (tertiary/aromatic N) is 1. The zero-order valence-electron chi connectivity index (χ0n) is 13.6. The number of hydrogen-bond acceptors (Lipinski definition) is 2. The molecule has 1 heterocycles. The van der Waals surface area contributed by atoms with Crippen LogP contribution < -0.4 is 10.2 Å². The molecular formula is C19H20N2O2. The molecule has 2 aromatic carbocycles. The van der Waals surface area contributed by atoms with E-state index in [4.69, 9.17) is 0 Å². The monoisotopic (exact) mass is 308 g/mol. The highest BCUT2D eigenvalue weighted by atomic mass is 16.2. The Kier molecular flexibility index (Phi) is 3.90. The van der Waals surface area contributed by atoms with Crippen LogP contribution in [-0.4, -0.2) is 18.4 Å². The molecule has 0 fully saturated rings. The van der Waals surface area contributed by atoms with Gasteiger partial charge in [-0.3, -0.25) is 9.59 Å². The number of aryl methyl sites for hydroxylation is 2. The Morgan fingerprint density at radius 3 is 2.39 bits per heavy atom. The van der Waals surface area contributed by atoms with Crippen molar-refractivity contribution in [1.29, 1.82) is 0 Å². The SMILES string of the molecule is CC(=O)N1CCc2cc(C(=O)Nc3cc(C)cc(C)c3)ccc21. The summed E-state index contributed by atoms with van der Waals surface area (Å²) in [6.45, 7) is 6.27. The van der Waals surface area contributed by atoms with Gasteiger partial charge in [0.2, 0.25) is 5.91 Å². The Labute approximate surface area is 136 Å². The minimum atomic E-state index is -0.126. The third-order valence-corrected chi connectivity index (χ3v) is 4.10. The van der Waals surface area contributed by atoms with Crippen molar-refractivity contribution in [2.75, 3.05) is 16.8 Å². The molecule has 4 heteroatoms. The highest BCUT2D eigenvalue weighted by molar-refractivity contribution is 6.05. The van der Waals surface area contributed by atoms with Crippen molar-refractivity contribution in [1.82, 2.24) is 0 Å². The first-order valence-electron chi connectivity index (χ1n) is 7.75. The molecule has 0 radical (unpaired) electrons. The molecule has 0 aromatic heterocycles. The van der Waals surface area contributed by atoms with Gasteiger partial charge in [0, 0.05) is 30.4 Å². The van der Waals surface area contributed by atoms with Gasteiger partial charge in [0.1, 0.15) is 0 Å². The number of amides is 2. The lowest BCUT2D eigenvalue weighted by molar-refractivity contribution is -0.116. The maximum atomic E-state index is 12.5. The molecule has 118 valence electrons. The Bertz CT molecular complexity index is 776. The molecule has 0 saturated carbocycles. The number of carbonyl (C=O) groups is 2. The summed E-state index contributed by atoms with van der Waals surface area (Å²) in [6, 6.07) is 11.5. The predicted octanol–water partition coefficient (Wildman–Crippen LogP) is 3.46. The molecule has 4 nitrogen and oxygen atoms in total. The van der Waals surface area contributed by atoms with Crippen LogP contribution in [0.3, 0.4) is 0 Å². The standard InChI is InChI=1S/C19H20N2O2/c1-12-8-13(2)10-17(9-12)20-19(23)16-4-5-18-15(11-16)6-7-21(18)14(3)22/h4-5,8-11H,6-7H2,1-3H3,(H,20,23). The smallest absolute Gasteiger partial charge is 0.255 e. The summed E-state index contributed by atoms with van der Waals surface area (Å²) in [7, 11) is 0. The second-order valence-corrected chi connectivity index (χ2v) is 6.09. The van der Waals surface area contributed by atoms with Gasteiger partial charge in [0.15, 0.2) is 0 Å². The van der Waals surface area contributed by atoms with Crippen molar-refractivity contribution < 1.29 is 9.59 Å². The van der Waals surface area contributed by atoms with Crippen LogP contribution in [0.2, 0.25) is 0 Å². The van der Waals surface area contributed by atoms with Crippen LogP contribution in [0.25, 0.3) is 0 Å². The van der Waals surface area contributed by atoms with Crippen molar-refractivity contribution in [3.63, 3.8) is 0 Å². The van der Waals surface area contributed by atoms with E-state index in [0.29, 0.717) is 12.1 Å². The quantitative estimate of drug-likeness (QED) is 0.923. The molecule has 0 bridgehead atoms. The van der Waals surface area contributed by atoms with E-state index < -0.39 is 0 Å². The zero-order chi connectivity index (χ0) is 16.6. The summed E-state index contributed by atoms with van der Waals surface area (Å²) in [5, 5.41) is 2.95. The molecule has 23 heavy (non-hydrogen) atoms. The Balaban J connectivity index is 1.82. The summed E-state index contributed by atoms with van der Waals surface area (Å²) in [6.07, 6.45) is 0.791. The van der Waals surface area contributed by atoms with Gasteiger partial charge in [0.05, 0.1) is 0 Å². The number of nitrogens with one attached hydrogen (secondary N) is 1. The van der Waals surface area contributed by atoms with Crippen LogP contribution in [-0.2, 0) is 11.2 Å². The van der Waals surface area contributed by atoms with E-state index in [2.05, 4.69) is 11.4 Å². The van der Waals surface area contributed by atoms with E-state index in [-0.39, 0.29) is 11.8 Å². The van der Waals surface area contributed by atoms with Crippen molar-refractivity contribution in [3.05, 3.63) is 58.7 Å². The third-order valence-electron chi connectivity index (χ3n) is 4.10. The molecule has 0 aliphatic carbocycles. The van der Waals surface area contributed by atoms with Gasteiger partial charge < -0.3 is 10.2 Å². The molecule has 1 aliphatic heterocycles. The highest BCUT2D eigenvalue weighted by Gasteiger charge is 2.23. The highest BCUT2D eigenvalue weighted by Crippen LogP contribution is 2.29. The van der Waals surface area contributed by atoms with Crippen LogP contribution in [0.15, 0.2) is 36.4 Å². The van der Waals surface area contributed by atoms with Crippen LogP contribution in [0.4, 0.5) is 11.4 Å². The number of fused-ring (bicyclic) bond motifs is 1. The number of hydrogen-bond donors (Lipinski definition) is 1. The predicted molar refractivity (Wildman–Crippen MR) is 92.0 cm³/mol. The maximum Gasteiger partial charge on any atom is 0.255 e. The first-order chi connectivity index (χ1) is 10.9. The minimum Gasteiger partial charge on any atom is -0.322 e. The van der Waals surface area contributed by atoms with Crippen LogP contribution in [0.5, 0.6) is 0 Å². The summed E-state index contributed by atoms with van der Waals surface area (Å²) in [5.74, 6) is -0.0877. The van der Waals surface area contributed by atoms with Crippen LogP contribution in [0, 0.1) is 13.8 Å². The number of carbonyl (C=O) groups excluding carboxylic acids is 2. The zero-order valence-corrected chi connectivity index (χ0v) is 13.6. The number of rotatable bonds is 2. The fourth-order valence-electron chi connectivity index (χ4n) is 3.12. The van der Waals surface area contributed by atoms with Crippen molar-refractivity contribution in [2.24, 2.45) is 0 Å². The third kappa shape index (κ3) is 3.11. The van der Waals surface area contributed by atoms with E-state index in [1.165, 1.54) is 0 Å². The topological polar surface area (TPSA) is 49.4 Å². The first-order valence-corrected chi connectivity index (χ1v) is 7.75. The lowest BCUT2D eigenvalue weighted by Crippen LogP contribution is -2.25. The fourth-order valence-corrected chi connectivity index (χ4v) is 3.12. The maximum absolute atomic E-state index is 12.5. The molecule has 2 aromatic rings. The van der Waals surface area contributed by atoms with Gasteiger partial charge in [-0.25, -0.2) is 0 Å². The second kappa shape index (κ2) is 5.88. The van der Waals surface area contributed by atoms with Gasteiger partial charge >= 0.3 is 0 Å². The fraction of sp³-hybridized carbons (Fsp3) is 0.263.